The molecule has 0 bridgehead atoms. The van der Waals surface area contributed by atoms with E-state index in [0.717, 1.165) is 5.56 Å². The zero-order chi connectivity index (χ0) is 18.8. The van der Waals surface area contributed by atoms with Gasteiger partial charge in [0.15, 0.2) is 5.52 Å². The SMILES string of the molecule is CC(C)CNc1cc(O)c2c(=O)n(Cc3cccc(Cl)c3)ccn2c1=O. The topological polar surface area (TPSA) is 75.7 Å². The van der Waals surface area contributed by atoms with Gasteiger partial charge in [0.2, 0.25) is 0 Å². The van der Waals surface area contributed by atoms with E-state index < -0.39 is 5.56 Å². The molecule has 0 amide bonds. The van der Waals surface area contributed by atoms with Crippen LogP contribution in [0.25, 0.3) is 5.52 Å². The summed E-state index contributed by atoms with van der Waals surface area (Å²) in [5.74, 6) is 0.101. The van der Waals surface area contributed by atoms with Gasteiger partial charge in [0.05, 0.1) is 6.54 Å². The van der Waals surface area contributed by atoms with E-state index in [9.17, 15) is 14.7 Å². The van der Waals surface area contributed by atoms with Crippen LogP contribution in [0.5, 0.6) is 5.75 Å². The number of rotatable bonds is 5. The molecule has 0 aliphatic heterocycles. The number of nitrogens with one attached hydrogen (secondary N) is 1. The van der Waals surface area contributed by atoms with Crippen LogP contribution in [0.2, 0.25) is 5.02 Å². The van der Waals surface area contributed by atoms with E-state index in [2.05, 4.69) is 5.32 Å². The van der Waals surface area contributed by atoms with Crippen molar-refractivity contribution in [2.75, 3.05) is 11.9 Å². The third-order valence-electron chi connectivity index (χ3n) is 4.02. The monoisotopic (exact) mass is 373 g/mol. The van der Waals surface area contributed by atoms with Crippen molar-refractivity contribution >= 4 is 22.8 Å². The van der Waals surface area contributed by atoms with Crippen molar-refractivity contribution in [2.45, 2.75) is 20.4 Å². The van der Waals surface area contributed by atoms with Gasteiger partial charge in [0, 0.05) is 30.0 Å². The van der Waals surface area contributed by atoms with E-state index in [0.29, 0.717) is 17.5 Å². The maximum absolute atomic E-state index is 12.8. The number of fused-ring (bicyclic) bond motifs is 1. The lowest BCUT2D eigenvalue weighted by Gasteiger charge is -2.13. The summed E-state index contributed by atoms with van der Waals surface area (Å²) in [4.78, 5) is 25.3. The fraction of sp³-hybridized carbons (Fsp3) is 0.263. The number of benzene rings is 1. The van der Waals surface area contributed by atoms with Gasteiger partial charge in [-0.3, -0.25) is 14.0 Å². The quantitative estimate of drug-likeness (QED) is 0.721. The number of aromatic hydroxyl groups is 1. The van der Waals surface area contributed by atoms with Crippen molar-refractivity contribution in [2.24, 2.45) is 5.92 Å². The van der Waals surface area contributed by atoms with E-state index in [1.165, 1.54) is 27.4 Å². The van der Waals surface area contributed by atoms with Gasteiger partial charge in [-0.05, 0) is 23.6 Å². The lowest BCUT2D eigenvalue weighted by Crippen LogP contribution is -2.28. The summed E-state index contributed by atoms with van der Waals surface area (Å²) >= 11 is 5.98. The minimum absolute atomic E-state index is 0.0466. The molecule has 2 heterocycles. The summed E-state index contributed by atoms with van der Waals surface area (Å²) in [6.45, 7) is 4.91. The second-order valence-electron chi connectivity index (χ2n) is 6.60. The van der Waals surface area contributed by atoms with Gasteiger partial charge in [0.25, 0.3) is 11.1 Å². The molecule has 3 rings (SSSR count). The van der Waals surface area contributed by atoms with Crippen LogP contribution in [0.15, 0.2) is 52.3 Å². The van der Waals surface area contributed by atoms with Gasteiger partial charge in [0.1, 0.15) is 11.4 Å². The zero-order valence-corrected chi connectivity index (χ0v) is 15.3. The first-order valence-electron chi connectivity index (χ1n) is 8.33. The lowest BCUT2D eigenvalue weighted by molar-refractivity contribution is 0.477. The Labute approximate surface area is 155 Å². The molecule has 6 nitrogen and oxygen atoms in total. The van der Waals surface area contributed by atoms with Crippen molar-refractivity contribution in [3.05, 3.63) is 74.0 Å². The molecule has 0 fully saturated rings. The van der Waals surface area contributed by atoms with Gasteiger partial charge in [-0.2, -0.15) is 0 Å². The average Bonchev–Trinajstić information content (AvgIpc) is 2.58. The van der Waals surface area contributed by atoms with Crippen LogP contribution in [0, 0.1) is 5.92 Å². The maximum Gasteiger partial charge on any atom is 0.279 e. The second kappa shape index (κ2) is 7.25. The van der Waals surface area contributed by atoms with Gasteiger partial charge >= 0.3 is 0 Å². The first kappa shape index (κ1) is 18.1. The predicted molar refractivity (Wildman–Crippen MR) is 103 cm³/mol. The molecule has 2 aromatic heterocycles. The molecule has 0 atom stereocenters. The number of hydrogen-bond donors (Lipinski definition) is 2. The molecule has 7 heteroatoms. The summed E-state index contributed by atoms with van der Waals surface area (Å²) in [6.07, 6.45) is 3.02. The number of halogens is 1. The molecule has 2 N–H and O–H groups in total. The van der Waals surface area contributed by atoms with Crippen LogP contribution in [-0.2, 0) is 6.54 Å². The average molecular weight is 374 g/mol. The van der Waals surface area contributed by atoms with E-state index in [1.807, 2.05) is 19.9 Å². The highest BCUT2D eigenvalue weighted by molar-refractivity contribution is 6.30. The molecule has 0 radical (unpaired) electrons. The Morgan fingerprint density at radius 3 is 2.62 bits per heavy atom. The Balaban J connectivity index is 2.07. The number of aromatic nitrogens is 2. The molecule has 136 valence electrons. The highest BCUT2D eigenvalue weighted by Gasteiger charge is 2.14. The Morgan fingerprint density at radius 1 is 1.15 bits per heavy atom. The van der Waals surface area contributed by atoms with Gasteiger partial charge in [-0.15, -0.1) is 0 Å². The predicted octanol–water partition coefficient (Wildman–Crippen LogP) is 2.94. The lowest BCUT2D eigenvalue weighted by atomic mass is 10.2. The molecular formula is C19H20ClN3O3. The maximum atomic E-state index is 12.8. The van der Waals surface area contributed by atoms with Crippen molar-refractivity contribution in [3.63, 3.8) is 0 Å². The van der Waals surface area contributed by atoms with E-state index in [1.54, 1.807) is 18.2 Å². The highest BCUT2D eigenvalue weighted by atomic mass is 35.5. The normalized spacial score (nSPS) is 11.2. The molecule has 3 aromatic rings. The summed E-state index contributed by atoms with van der Waals surface area (Å²) in [5.41, 5.74) is 0.249. The van der Waals surface area contributed by atoms with Crippen LogP contribution >= 0.6 is 11.6 Å². The van der Waals surface area contributed by atoms with Crippen molar-refractivity contribution in [3.8, 4) is 5.75 Å². The summed E-state index contributed by atoms with van der Waals surface area (Å²) in [5, 5.41) is 13.9. The van der Waals surface area contributed by atoms with Gasteiger partial charge < -0.3 is 15.0 Å². The van der Waals surface area contributed by atoms with Crippen LogP contribution in [0.3, 0.4) is 0 Å². The molecular weight excluding hydrogens is 354 g/mol. The second-order valence-corrected chi connectivity index (χ2v) is 7.04. The van der Waals surface area contributed by atoms with Crippen LogP contribution in [-0.4, -0.2) is 20.6 Å². The first-order valence-corrected chi connectivity index (χ1v) is 8.70. The Bertz CT molecular complexity index is 1070. The van der Waals surface area contributed by atoms with E-state index in [4.69, 9.17) is 11.6 Å². The Hall–Kier alpha value is -2.73. The smallest absolute Gasteiger partial charge is 0.279 e. The molecule has 0 aliphatic carbocycles. The molecule has 26 heavy (non-hydrogen) atoms. The van der Waals surface area contributed by atoms with Gasteiger partial charge in [-0.25, -0.2) is 0 Å². The van der Waals surface area contributed by atoms with Crippen molar-refractivity contribution in [1.29, 1.82) is 0 Å². The fourth-order valence-electron chi connectivity index (χ4n) is 2.72. The number of anilines is 1. The van der Waals surface area contributed by atoms with Crippen LogP contribution in [0.4, 0.5) is 5.69 Å². The zero-order valence-electron chi connectivity index (χ0n) is 14.6. The Morgan fingerprint density at radius 2 is 1.92 bits per heavy atom. The fourth-order valence-corrected chi connectivity index (χ4v) is 2.94. The molecule has 0 spiro atoms. The first-order chi connectivity index (χ1) is 12.4. The van der Waals surface area contributed by atoms with E-state index in [-0.39, 0.29) is 29.1 Å². The van der Waals surface area contributed by atoms with Crippen molar-refractivity contribution < 1.29 is 5.11 Å². The minimum Gasteiger partial charge on any atom is -0.505 e. The standard InChI is InChI=1S/C19H20ClN3O3/c1-12(2)10-21-15-9-16(24)17-19(26)22(6-7-23(17)18(15)25)11-13-4-3-5-14(20)8-13/h3-9,12,21,24H,10-11H2,1-2H3. The third kappa shape index (κ3) is 3.60. The molecule has 0 aliphatic rings. The number of pyridine rings is 1. The summed E-state index contributed by atoms with van der Waals surface area (Å²) < 4.78 is 2.61. The third-order valence-corrected chi connectivity index (χ3v) is 4.25. The van der Waals surface area contributed by atoms with E-state index >= 15 is 0 Å². The number of hydrogen-bond acceptors (Lipinski definition) is 4. The summed E-state index contributed by atoms with van der Waals surface area (Å²) in [6, 6.07) is 8.49. The molecule has 1 aromatic carbocycles. The largest absolute Gasteiger partial charge is 0.505 e. The molecule has 0 saturated carbocycles. The van der Waals surface area contributed by atoms with Crippen LogP contribution in [0.1, 0.15) is 19.4 Å². The van der Waals surface area contributed by atoms with Crippen molar-refractivity contribution in [1.82, 2.24) is 8.97 Å². The Kier molecular flexibility index (Phi) is 5.04. The number of nitrogens with zero attached hydrogens (tertiary/aromatic N) is 2. The molecule has 0 saturated heterocycles. The summed E-state index contributed by atoms with van der Waals surface area (Å²) in [7, 11) is 0. The minimum atomic E-state index is -0.447. The molecule has 0 unspecified atom stereocenters. The highest BCUT2D eigenvalue weighted by Crippen LogP contribution is 2.18. The van der Waals surface area contributed by atoms with Crippen LogP contribution < -0.4 is 16.4 Å². The van der Waals surface area contributed by atoms with Gasteiger partial charge in [-0.1, -0.05) is 37.6 Å².